The van der Waals surface area contributed by atoms with Crippen LogP contribution in [-0.2, 0) is 9.53 Å². The van der Waals surface area contributed by atoms with Crippen molar-refractivity contribution >= 4 is 29.3 Å². The molecule has 1 aromatic rings. The molecule has 1 N–H and O–H groups in total. The highest BCUT2D eigenvalue weighted by Crippen LogP contribution is 2.32. The standard InChI is InChI=1S/C21H27ClN2O3/c1-3-17-18(20(25)27-12-14-7-5-4-6-8-14)19(24-21(26)23-17)15-10-9-13(2)16(22)11-15/h9-11,14,18-19H,3-8,12H2,1-2H3,(H,24,26). The first-order valence-corrected chi connectivity index (χ1v) is 10.2. The molecule has 2 amide bonds. The number of amides is 2. The highest BCUT2D eigenvalue weighted by atomic mass is 35.5. The van der Waals surface area contributed by atoms with E-state index >= 15 is 0 Å². The number of aryl methyl sites for hydroxylation is 1. The largest absolute Gasteiger partial charge is 0.465 e. The fraction of sp³-hybridized carbons (Fsp3) is 0.571. The van der Waals surface area contributed by atoms with Gasteiger partial charge in [-0.3, -0.25) is 4.79 Å². The van der Waals surface area contributed by atoms with Gasteiger partial charge in [0.2, 0.25) is 0 Å². The van der Waals surface area contributed by atoms with Crippen LogP contribution in [-0.4, -0.2) is 24.3 Å². The van der Waals surface area contributed by atoms with Gasteiger partial charge in [-0.2, -0.15) is 0 Å². The lowest BCUT2D eigenvalue weighted by Gasteiger charge is -2.31. The topological polar surface area (TPSA) is 67.8 Å². The molecule has 6 heteroatoms. The molecule has 2 atom stereocenters. The Balaban J connectivity index is 1.81. The lowest BCUT2D eigenvalue weighted by atomic mass is 9.86. The molecule has 0 spiro atoms. The molecule has 3 rings (SSSR count). The minimum Gasteiger partial charge on any atom is -0.465 e. The van der Waals surface area contributed by atoms with Crippen LogP contribution >= 0.6 is 11.6 Å². The van der Waals surface area contributed by atoms with E-state index in [0.717, 1.165) is 24.0 Å². The Labute approximate surface area is 165 Å². The second-order valence-electron chi connectivity index (χ2n) is 7.50. The van der Waals surface area contributed by atoms with Crippen LogP contribution in [0, 0.1) is 18.8 Å². The third kappa shape index (κ3) is 4.70. The molecule has 0 saturated heterocycles. The molecule has 1 fully saturated rings. The predicted molar refractivity (Wildman–Crippen MR) is 106 cm³/mol. The molecular weight excluding hydrogens is 364 g/mol. The molecule has 27 heavy (non-hydrogen) atoms. The van der Waals surface area contributed by atoms with Gasteiger partial charge in [-0.1, -0.05) is 49.9 Å². The number of nitrogens with zero attached hydrogens (tertiary/aromatic N) is 1. The number of rotatable bonds is 5. The second-order valence-corrected chi connectivity index (χ2v) is 7.91. The summed E-state index contributed by atoms with van der Waals surface area (Å²) in [4.78, 5) is 29.1. The molecule has 1 aliphatic heterocycles. The van der Waals surface area contributed by atoms with E-state index < -0.39 is 18.0 Å². The Hall–Kier alpha value is -1.88. The van der Waals surface area contributed by atoms with Crippen LogP contribution in [0.3, 0.4) is 0 Å². The third-order valence-corrected chi connectivity index (χ3v) is 5.98. The predicted octanol–water partition coefficient (Wildman–Crippen LogP) is 5.00. The molecule has 2 unspecified atom stereocenters. The number of aliphatic imine (C=N–C) groups is 1. The van der Waals surface area contributed by atoms with Gasteiger partial charge in [0.15, 0.2) is 0 Å². The number of nitrogens with one attached hydrogen (secondary N) is 1. The van der Waals surface area contributed by atoms with Crippen molar-refractivity contribution < 1.29 is 14.3 Å². The number of carbonyl (C=O) groups is 2. The Morgan fingerprint density at radius 3 is 2.70 bits per heavy atom. The first-order valence-electron chi connectivity index (χ1n) is 9.80. The summed E-state index contributed by atoms with van der Waals surface area (Å²) < 4.78 is 5.69. The summed E-state index contributed by atoms with van der Waals surface area (Å²) in [7, 11) is 0. The van der Waals surface area contributed by atoms with Crippen molar-refractivity contribution in [2.45, 2.75) is 58.4 Å². The van der Waals surface area contributed by atoms with Gasteiger partial charge >= 0.3 is 12.0 Å². The summed E-state index contributed by atoms with van der Waals surface area (Å²) in [5.41, 5.74) is 2.30. The molecule has 0 aromatic heterocycles. The molecule has 1 heterocycles. The normalized spacial score (nSPS) is 23.5. The van der Waals surface area contributed by atoms with E-state index in [1.807, 2.05) is 32.0 Å². The lowest BCUT2D eigenvalue weighted by Crippen LogP contribution is -2.45. The number of esters is 1. The Bertz CT molecular complexity index is 741. The highest BCUT2D eigenvalue weighted by molar-refractivity contribution is 6.31. The van der Waals surface area contributed by atoms with Crippen molar-refractivity contribution in [1.29, 1.82) is 0 Å². The van der Waals surface area contributed by atoms with Crippen LogP contribution in [0.5, 0.6) is 0 Å². The summed E-state index contributed by atoms with van der Waals surface area (Å²) >= 11 is 6.27. The van der Waals surface area contributed by atoms with Gasteiger partial charge in [-0.15, -0.1) is 0 Å². The van der Waals surface area contributed by atoms with E-state index in [1.54, 1.807) is 0 Å². The van der Waals surface area contributed by atoms with E-state index in [-0.39, 0.29) is 5.97 Å². The van der Waals surface area contributed by atoms with Crippen molar-refractivity contribution in [2.24, 2.45) is 16.8 Å². The summed E-state index contributed by atoms with van der Waals surface area (Å²) in [5, 5.41) is 3.43. The van der Waals surface area contributed by atoms with Gasteiger partial charge in [-0.25, -0.2) is 9.79 Å². The van der Waals surface area contributed by atoms with Crippen molar-refractivity contribution in [3.8, 4) is 0 Å². The minimum absolute atomic E-state index is 0.317. The number of hydrogen-bond donors (Lipinski definition) is 1. The van der Waals surface area contributed by atoms with Gasteiger partial charge in [-0.05, 0) is 49.3 Å². The van der Waals surface area contributed by atoms with Crippen molar-refractivity contribution in [1.82, 2.24) is 5.32 Å². The molecular formula is C21H27ClN2O3. The summed E-state index contributed by atoms with van der Waals surface area (Å²) in [6, 6.07) is 4.66. The quantitative estimate of drug-likeness (QED) is 0.719. The second kappa shape index (κ2) is 8.87. The number of halogens is 1. The molecule has 146 valence electrons. The van der Waals surface area contributed by atoms with E-state index in [9.17, 15) is 9.59 Å². The summed E-state index contributed by atoms with van der Waals surface area (Å²) in [6.45, 7) is 4.26. The van der Waals surface area contributed by atoms with Crippen LogP contribution in [0.1, 0.15) is 62.6 Å². The van der Waals surface area contributed by atoms with Crippen LogP contribution < -0.4 is 5.32 Å². The zero-order valence-corrected chi connectivity index (χ0v) is 16.7. The molecule has 2 aliphatic rings. The van der Waals surface area contributed by atoms with Crippen molar-refractivity contribution in [3.05, 3.63) is 34.3 Å². The minimum atomic E-state index is -0.616. The maximum Gasteiger partial charge on any atom is 0.341 e. The molecule has 0 radical (unpaired) electrons. The molecule has 5 nitrogen and oxygen atoms in total. The monoisotopic (exact) mass is 390 g/mol. The summed E-state index contributed by atoms with van der Waals surface area (Å²) in [6.07, 6.45) is 6.41. The SMILES string of the molecule is CCC1=NC(=O)NC(c2ccc(C)c(Cl)c2)C1C(=O)OCC1CCCCC1. The first kappa shape index (κ1) is 19.9. The zero-order chi connectivity index (χ0) is 19.4. The van der Waals surface area contributed by atoms with Crippen LogP contribution in [0.25, 0.3) is 0 Å². The van der Waals surface area contributed by atoms with Gasteiger partial charge in [0.1, 0.15) is 5.92 Å². The van der Waals surface area contributed by atoms with Gasteiger partial charge in [0, 0.05) is 10.7 Å². The first-order chi connectivity index (χ1) is 13.0. The maximum atomic E-state index is 13.0. The molecule has 0 bridgehead atoms. The Morgan fingerprint density at radius 1 is 1.30 bits per heavy atom. The number of hydrogen-bond acceptors (Lipinski definition) is 3. The van der Waals surface area contributed by atoms with Crippen LogP contribution in [0.15, 0.2) is 23.2 Å². The molecule has 1 aliphatic carbocycles. The summed E-state index contributed by atoms with van der Waals surface area (Å²) in [5.74, 6) is -0.492. The van der Waals surface area contributed by atoms with Crippen molar-refractivity contribution in [3.63, 3.8) is 0 Å². The Kier molecular flexibility index (Phi) is 6.53. The highest BCUT2D eigenvalue weighted by Gasteiger charge is 2.39. The fourth-order valence-electron chi connectivity index (χ4n) is 3.93. The van der Waals surface area contributed by atoms with Gasteiger partial charge in [0.25, 0.3) is 0 Å². The zero-order valence-electron chi connectivity index (χ0n) is 16.0. The number of benzene rings is 1. The van der Waals surface area contributed by atoms with E-state index in [4.69, 9.17) is 16.3 Å². The van der Waals surface area contributed by atoms with E-state index in [1.165, 1.54) is 19.3 Å². The van der Waals surface area contributed by atoms with Gasteiger partial charge in [0.05, 0.1) is 12.6 Å². The fourth-order valence-corrected chi connectivity index (χ4v) is 4.12. The number of ether oxygens (including phenoxy) is 1. The van der Waals surface area contributed by atoms with E-state index in [0.29, 0.717) is 29.7 Å². The van der Waals surface area contributed by atoms with Crippen molar-refractivity contribution in [2.75, 3.05) is 6.61 Å². The lowest BCUT2D eigenvalue weighted by molar-refractivity contribution is -0.148. The average Bonchev–Trinajstić information content (AvgIpc) is 2.68. The number of carbonyl (C=O) groups excluding carboxylic acids is 2. The third-order valence-electron chi connectivity index (χ3n) is 5.57. The maximum absolute atomic E-state index is 13.0. The average molecular weight is 391 g/mol. The van der Waals surface area contributed by atoms with Crippen LogP contribution in [0.4, 0.5) is 4.79 Å². The van der Waals surface area contributed by atoms with Gasteiger partial charge < -0.3 is 10.1 Å². The van der Waals surface area contributed by atoms with E-state index in [2.05, 4.69) is 10.3 Å². The molecule has 1 aromatic carbocycles. The smallest absolute Gasteiger partial charge is 0.341 e. The number of urea groups is 1. The van der Waals surface area contributed by atoms with Crippen LogP contribution in [0.2, 0.25) is 5.02 Å². The molecule has 1 saturated carbocycles. The Morgan fingerprint density at radius 2 is 2.04 bits per heavy atom.